The molecule has 1 heterocycles. The van der Waals surface area contributed by atoms with Crippen LogP contribution in [0.15, 0.2) is 96.2 Å². The van der Waals surface area contributed by atoms with Crippen molar-refractivity contribution in [2.45, 2.75) is 12.5 Å². The van der Waals surface area contributed by atoms with Gasteiger partial charge in [-0.1, -0.05) is 48.5 Å². The van der Waals surface area contributed by atoms with Gasteiger partial charge in [-0.2, -0.15) is 5.10 Å². The summed E-state index contributed by atoms with van der Waals surface area (Å²) < 4.78 is 4.88. The molecule has 212 valence electrons. The van der Waals surface area contributed by atoms with E-state index < -0.39 is 39.1 Å². The fourth-order valence-electron chi connectivity index (χ4n) is 3.83. The second-order valence-corrected chi connectivity index (χ2v) is 8.64. The van der Waals surface area contributed by atoms with E-state index in [1.807, 2.05) is 0 Å². The van der Waals surface area contributed by atoms with Gasteiger partial charge in [-0.3, -0.25) is 30.4 Å². The molecule has 0 saturated heterocycles. The number of benzene rings is 3. The lowest BCUT2D eigenvalue weighted by Gasteiger charge is -2.16. The number of aromatic nitrogens is 2. The molecule has 4 rings (SSSR count). The number of amides is 1. The number of rotatable bonds is 11. The number of hydrogen-bond acceptors (Lipinski definition) is 11. The van der Waals surface area contributed by atoms with E-state index in [1.54, 1.807) is 66.7 Å². The van der Waals surface area contributed by atoms with Gasteiger partial charge in [0, 0.05) is 35.5 Å². The molecule has 0 saturated carbocycles. The van der Waals surface area contributed by atoms with Gasteiger partial charge in [-0.15, -0.1) is 0 Å². The molecule has 4 aromatic rings. The lowest BCUT2D eigenvalue weighted by Crippen LogP contribution is -2.43. The highest BCUT2D eigenvalue weighted by molar-refractivity contribution is 6.10. The summed E-state index contributed by atoms with van der Waals surface area (Å²) in [5.41, 5.74) is 2.98. The van der Waals surface area contributed by atoms with Crippen molar-refractivity contribution in [1.82, 2.24) is 15.3 Å². The minimum absolute atomic E-state index is 0.0376. The maximum absolute atomic E-state index is 12.7. The SMILES string of the molecule is COC(=O)[C@H](Cc1ccnc(/C(=N/Nc2ccc([N+](=O)[O-])cc2[N+](=O)[O-])c2ccccc2)n1)NC(=O)c1ccccc1. The van der Waals surface area contributed by atoms with Crippen molar-refractivity contribution in [2.75, 3.05) is 12.5 Å². The molecule has 1 atom stereocenters. The van der Waals surface area contributed by atoms with Crippen LogP contribution in [-0.2, 0) is 16.0 Å². The van der Waals surface area contributed by atoms with Gasteiger partial charge in [0.2, 0.25) is 0 Å². The van der Waals surface area contributed by atoms with Crippen LogP contribution in [0.5, 0.6) is 0 Å². The van der Waals surface area contributed by atoms with Crippen molar-refractivity contribution in [3.63, 3.8) is 0 Å². The molecule has 0 spiro atoms. The lowest BCUT2D eigenvalue weighted by molar-refractivity contribution is -0.393. The number of nitrogens with one attached hydrogen (secondary N) is 2. The molecule has 0 radical (unpaired) electrons. The lowest BCUT2D eigenvalue weighted by atomic mass is 10.1. The number of methoxy groups -OCH3 is 1. The van der Waals surface area contributed by atoms with E-state index in [-0.39, 0.29) is 23.6 Å². The van der Waals surface area contributed by atoms with Crippen LogP contribution in [0, 0.1) is 20.2 Å². The molecular formula is C28H23N7O7. The van der Waals surface area contributed by atoms with E-state index in [2.05, 4.69) is 25.8 Å². The van der Waals surface area contributed by atoms with E-state index in [0.29, 0.717) is 16.8 Å². The molecule has 1 aromatic heterocycles. The average Bonchev–Trinajstić information content (AvgIpc) is 3.01. The topological polar surface area (TPSA) is 192 Å². The summed E-state index contributed by atoms with van der Waals surface area (Å²) in [4.78, 5) is 55.2. The standard InChI is InChI=1S/C28H23N7O7/c1-42-28(37)23(31-27(36)19-10-6-3-7-11-19)16-20-14-15-29-26(30-20)25(18-8-4-2-5-9-18)33-32-22-13-12-21(34(38)39)17-24(22)35(40)41/h2-15,17,23,32H,16H2,1H3,(H,31,36)/b33-25+/t23-/m0/s1. The zero-order valence-corrected chi connectivity index (χ0v) is 22.0. The van der Waals surface area contributed by atoms with Crippen LogP contribution in [0.1, 0.15) is 27.4 Å². The van der Waals surface area contributed by atoms with E-state index in [9.17, 15) is 29.8 Å². The summed E-state index contributed by atoms with van der Waals surface area (Å²) in [6, 6.07) is 20.7. The number of carbonyl (C=O) groups excluding carboxylic acids is 2. The quantitative estimate of drug-likeness (QED) is 0.117. The fourth-order valence-corrected chi connectivity index (χ4v) is 3.83. The molecule has 0 aliphatic carbocycles. The van der Waals surface area contributed by atoms with E-state index >= 15 is 0 Å². The largest absolute Gasteiger partial charge is 0.467 e. The predicted octanol–water partition coefficient (Wildman–Crippen LogP) is 3.67. The van der Waals surface area contributed by atoms with Crippen LogP contribution >= 0.6 is 0 Å². The van der Waals surface area contributed by atoms with E-state index in [1.165, 1.54) is 19.4 Å². The highest BCUT2D eigenvalue weighted by atomic mass is 16.6. The Kier molecular flexibility index (Phi) is 9.19. The number of ether oxygens (including phenoxy) is 1. The van der Waals surface area contributed by atoms with Crippen LogP contribution in [0.3, 0.4) is 0 Å². The molecular weight excluding hydrogens is 546 g/mol. The molecule has 2 N–H and O–H groups in total. The van der Waals surface area contributed by atoms with Crippen molar-refractivity contribution >= 4 is 34.7 Å². The van der Waals surface area contributed by atoms with Crippen molar-refractivity contribution in [3.05, 3.63) is 134 Å². The first kappa shape index (κ1) is 28.9. The van der Waals surface area contributed by atoms with Gasteiger partial charge in [0.15, 0.2) is 5.82 Å². The number of anilines is 1. The number of carbonyl (C=O) groups is 2. The van der Waals surface area contributed by atoms with Gasteiger partial charge in [-0.25, -0.2) is 14.8 Å². The third-order valence-corrected chi connectivity index (χ3v) is 5.89. The Hall–Kier alpha value is -6.05. The van der Waals surface area contributed by atoms with Crippen molar-refractivity contribution in [3.8, 4) is 0 Å². The Morgan fingerprint density at radius 1 is 0.929 bits per heavy atom. The summed E-state index contributed by atoms with van der Waals surface area (Å²) in [7, 11) is 1.21. The van der Waals surface area contributed by atoms with Gasteiger partial charge in [0.25, 0.3) is 11.6 Å². The zero-order chi connectivity index (χ0) is 30.1. The van der Waals surface area contributed by atoms with Gasteiger partial charge in [0.1, 0.15) is 17.4 Å². The highest BCUT2D eigenvalue weighted by Crippen LogP contribution is 2.29. The van der Waals surface area contributed by atoms with Gasteiger partial charge < -0.3 is 10.1 Å². The molecule has 0 unspecified atom stereocenters. The summed E-state index contributed by atoms with van der Waals surface area (Å²) in [5.74, 6) is -1.04. The Morgan fingerprint density at radius 3 is 2.21 bits per heavy atom. The third kappa shape index (κ3) is 7.12. The van der Waals surface area contributed by atoms with Crippen LogP contribution in [0.2, 0.25) is 0 Å². The normalized spacial score (nSPS) is 11.7. The first-order valence-corrected chi connectivity index (χ1v) is 12.3. The fraction of sp³-hybridized carbons (Fsp3) is 0.107. The first-order chi connectivity index (χ1) is 20.3. The van der Waals surface area contributed by atoms with Crippen LogP contribution in [0.25, 0.3) is 0 Å². The smallest absolute Gasteiger partial charge is 0.328 e. The number of nitrogens with zero attached hydrogens (tertiary/aromatic N) is 5. The number of esters is 1. The van der Waals surface area contributed by atoms with Crippen LogP contribution in [0.4, 0.5) is 17.1 Å². The number of non-ortho nitro benzene ring substituents is 1. The molecule has 0 fully saturated rings. The maximum Gasteiger partial charge on any atom is 0.328 e. The Bertz CT molecular complexity index is 1650. The molecule has 0 aliphatic heterocycles. The highest BCUT2D eigenvalue weighted by Gasteiger charge is 2.24. The average molecular weight is 570 g/mol. The summed E-state index contributed by atoms with van der Waals surface area (Å²) in [6.07, 6.45) is 1.40. The number of nitro groups is 2. The van der Waals surface area contributed by atoms with Gasteiger partial charge >= 0.3 is 11.7 Å². The molecule has 14 nitrogen and oxygen atoms in total. The van der Waals surface area contributed by atoms with E-state index in [0.717, 1.165) is 12.1 Å². The molecule has 14 heteroatoms. The second kappa shape index (κ2) is 13.3. The Labute approximate surface area is 238 Å². The zero-order valence-electron chi connectivity index (χ0n) is 22.0. The van der Waals surface area contributed by atoms with Crippen molar-refractivity contribution in [2.24, 2.45) is 5.10 Å². The molecule has 3 aromatic carbocycles. The summed E-state index contributed by atoms with van der Waals surface area (Å²) in [6.45, 7) is 0. The Balaban J connectivity index is 1.67. The Morgan fingerprint density at radius 2 is 1.60 bits per heavy atom. The number of nitro benzene ring substituents is 2. The summed E-state index contributed by atoms with van der Waals surface area (Å²) >= 11 is 0. The third-order valence-electron chi connectivity index (χ3n) is 5.89. The maximum atomic E-state index is 12.7. The molecule has 0 aliphatic rings. The van der Waals surface area contributed by atoms with Crippen molar-refractivity contribution in [1.29, 1.82) is 0 Å². The van der Waals surface area contributed by atoms with Crippen LogP contribution in [-0.4, -0.2) is 50.6 Å². The molecule has 1 amide bonds. The monoisotopic (exact) mass is 569 g/mol. The van der Waals surface area contributed by atoms with E-state index in [4.69, 9.17) is 4.74 Å². The number of hydrogen-bond donors (Lipinski definition) is 2. The minimum atomic E-state index is -1.07. The minimum Gasteiger partial charge on any atom is -0.467 e. The van der Waals surface area contributed by atoms with Crippen LogP contribution < -0.4 is 10.7 Å². The molecule has 0 bridgehead atoms. The van der Waals surface area contributed by atoms with Crippen molar-refractivity contribution < 1.29 is 24.2 Å². The molecule has 42 heavy (non-hydrogen) atoms. The predicted molar refractivity (Wildman–Crippen MR) is 151 cm³/mol. The van der Waals surface area contributed by atoms with Gasteiger partial charge in [-0.05, 0) is 24.3 Å². The van der Waals surface area contributed by atoms with Gasteiger partial charge in [0.05, 0.1) is 23.0 Å². The summed E-state index contributed by atoms with van der Waals surface area (Å²) in [5, 5.41) is 29.6. The first-order valence-electron chi connectivity index (χ1n) is 12.3. The number of hydrazone groups is 1. The second-order valence-electron chi connectivity index (χ2n) is 8.64.